The van der Waals surface area contributed by atoms with Crippen LogP contribution in [-0.4, -0.2) is 25.0 Å². The predicted molar refractivity (Wildman–Crippen MR) is 105 cm³/mol. The minimum Gasteiger partial charge on any atom is -0.484 e. The smallest absolute Gasteiger partial charge is 0.257 e. The number of nitrogens with one attached hydrogen (secondary N) is 2. The molecule has 2 unspecified atom stereocenters. The third-order valence-corrected chi connectivity index (χ3v) is 4.25. The molecule has 0 bridgehead atoms. The lowest BCUT2D eigenvalue weighted by atomic mass is 9.94. The molecule has 0 spiro atoms. The zero-order chi connectivity index (χ0) is 19.6. The Labute approximate surface area is 160 Å². The summed E-state index contributed by atoms with van der Waals surface area (Å²) in [6.45, 7) is 4.57. The maximum absolute atomic E-state index is 12.4. The van der Waals surface area contributed by atoms with Gasteiger partial charge in [-0.3, -0.25) is 9.59 Å². The standard InChI is InChI=1S/C21H27N3O3/c1-3-23-19(25)14-27-18-11-7-8-16(12-18)13-24-21(26)15(2)20(22)17-9-5-4-6-10-17/h4-12,15,20H,3,13-14,22H2,1-2H3,(H,23,25)(H,24,26). The van der Waals surface area contributed by atoms with Crippen LogP contribution in [0.5, 0.6) is 5.75 Å². The fourth-order valence-electron chi connectivity index (χ4n) is 2.62. The molecule has 0 fully saturated rings. The van der Waals surface area contributed by atoms with Gasteiger partial charge < -0.3 is 21.1 Å². The first-order valence-electron chi connectivity index (χ1n) is 9.08. The third-order valence-electron chi connectivity index (χ3n) is 4.25. The highest BCUT2D eigenvalue weighted by atomic mass is 16.5. The van der Waals surface area contributed by atoms with Crippen LogP contribution >= 0.6 is 0 Å². The van der Waals surface area contributed by atoms with Gasteiger partial charge in [0, 0.05) is 19.1 Å². The number of carbonyl (C=O) groups is 2. The van der Waals surface area contributed by atoms with Gasteiger partial charge in [-0.2, -0.15) is 0 Å². The Hall–Kier alpha value is -2.86. The number of carbonyl (C=O) groups excluding carboxylic acids is 2. The van der Waals surface area contributed by atoms with E-state index in [1.807, 2.05) is 56.3 Å². The van der Waals surface area contributed by atoms with Crippen molar-refractivity contribution in [1.82, 2.24) is 10.6 Å². The molecule has 0 saturated carbocycles. The molecular formula is C21H27N3O3. The minimum atomic E-state index is -0.363. The Kier molecular flexibility index (Phi) is 7.82. The van der Waals surface area contributed by atoms with Gasteiger partial charge in [0.25, 0.3) is 5.91 Å². The van der Waals surface area contributed by atoms with E-state index in [1.54, 1.807) is 12.1 Å². The molecule has 0 heterocycles. The summed E-state index contributed by atoms with van der Waals surface area (Å²) in [6, 6.07) is 16.5. The Morgan fingerprint density at radius 1 is 1.07 bits per heavy atom. The van der Waals surface area contributed by atoms with Crippen LogP contribution in [0.2, 0.25) is 0 Å². The van der Waals surface area contributed by atoms with E-state index < -0.39 is 0 Å². The first-order valence-corrected chi connectivity index (χ1v) is 9.08. The first-order chi connectivity index (χ1) is 13.0. The third kappa shape index (κ3) is 6.42. The second-order valence-electron chi connectivity index (χ2n) is 6.33. The summed E-state index contributed by atoms with van der Waals surface area (Å²) in [7, 11) is 0. The van der Waals surface area contributed by atoms with Gasteiger partial charge in [0.1, 0.15) is 5.75 Å². The van der Waals surface area contributed by atoms with Crippen LogP contribution in [0.4, 0.5) is 0 Å². The highest BCUT2D eigenvalue weighted by molar-refractivity contribution is 5.79. The molecule has 2 atom stereocenters. The molecule has 2 rings (SSSR count). The van der Waals surface area contributed by atoms with E-state index in [1.165, 1.54) is 0 Å². The van der Waals surface area contributed by atoms with Gasteiger partial charge in [-0.1, -0.05) is 49.4 Å². The average Bonchev–Trinajstić information content (AvgIpc) is 2.70. The molecule has 0 aliphatic carbocycles. The molecule has 6 heteroatoms. The van der Waals surface area contributed by atoms with Gasteiger partial charge in [-0.05, 0) is 30.2 Å². The van der Waals surface area contributed by atoms with Gasteiger partial charge >= 0.3 is 0 Å². The quantitative estimate of drug-likeness (QED) is 0.631. The molecule has 0 aliphatic rings. The largest absolute Gasteiger partial charge is 0.484 e. The summed E-state index contributed by atoms with van der Waals surface area (Å²) < 4.78 is 5.47. The van der Waals surface area contributed by atoms with Crippen molar-refractivity contribution >= 4 is 11.8 Å². The van der Waals surface area contributed by atoms with Gasteiger partial charge in [-0.15, -0.1) is 0 Å². The second-order valence-corrected chi connectivity index (χ2v) is 6.33. The number of ether oxygens (including phenoxy) is 1. The monoisotopic (exact) mass is 369 g/mol. The van der Waals surface area contributed by atoms with Crippen molar-refractivity contribution in [3.8, 4) is 5.75 Å². The molecule has 0 saturated heterocycles. The van der Waals surface area contributed by atoms with Crippen LogP contribution in [-0.2, 0) is 16.1 Å². The Morgan fingerprint density at radius 3 is 2.52 bits per heavy atom. The maximum Gasteiger partial charge on any atom is 0.257 e. The van der Waals surface area contributed by atoms with Crippen molar-refractivity contribution in [1.29, 1.82) is 0 Å². The molecule has 2 amide bonds. The summed E-state index contributed by atoms with van der Waals surface area (Å²) >= 11 is 0. The van der Waals surface area contributed by atoms with Crippen molar-refractivity contribution in [3.05, 3.63) is 65.7 Å². The van der Waals surface area contributed by atoms with Crippen molar-refractivity contribution in [2.24, 2.45) is 11.7 Å². The number of nitrogens with two attached hydrogens (primary N) is 1. The first kappa shape index (κ1) is 20.5. The van der Waals surface area contributed by atoms with Crippen LogP contribution in [0, 0.1) is 5.92 Å². The van der Waals surface area contributed by atoms with Gasteiger partial charge in [0.05, 0.1) is 5.92 Å². The van der Waals surface area contributed by atoms with Gasteiger partial charge in [0.15, 0.2) is 6.61 Å². The normalized spacial score (nSPS) is 12.7. The summed E-state index contributed by atoms with van der Waals surface area (Å²) in [5.74, 6) is -0.0495. The van der Waals surface area contributed by atoms with E-state index in [9.17, 15) is 9.59 Å². The number of amides is 2. The summed E-state index contributed by atoms with van der Waals surface area (Å²) in [5.41, 5.74) is 8.02. The van der Waals surface area contributed by atoms with Crippen molar-refractivity contribution in [2.75, 3.05) is 13.2 Å². The molecule has 0 aliphatic heterocycles. The van der Waals surface area contributed by atoms with Crippen LogP contribution in [0.1, 0.15) is 31.0 Å². The lowest BCUT2D eigenvalue weighted by Gasteiger charge is -2.20. The van der Waals surface area contributed by atoms with Crippen LogP contribution in [0.15, 0.2) is 54.6 Å². The van der Waals surface area contributed by atoms with E-state index in [2.05, 4.69) is 10.6 Å². The average molecular weight is 369 g/mol. The highest BCUT2D eigenvalue weighted by Crippen LogP contribution is 2.19. The molecule has 0 radical (unpaired) electrons. The van der Waals surface area contributed by atoms with Gasteiger partial charge in [0.2, 0.25) is 5.91 Å². The van der Waals surface area contributed by atoms with Crippen LogP contribution < -0.4 is 21.1 Å². The van der Waals surface area contributed by atoms with E-state index >= 15 is 0 Å². The highest BCUT2D eigenvalue weighted by Gasteiger charge is 2.21. The number of hydrogen-bond acceptors (Lipinski definition) is 4. The number of rotatable bonds is 9. The minimum absolute atomic E-state index is 0.0351. The number of likely N-dealkylation sites (N-methyl/N-ethyl adjacent to an activating group) is 1. The predicted octanol–water partition coefficient (Wildman–Crippen LogP) is 2.15. The summed E-state index contributed by atoms with van der Waals surface area (Å²) in [6.07, 6.45) is 0. The molecule has 27 heavy (non-hydrogen) atoms. The molecule has 2 aromatic carbocycles. The summed E-state index contributed by atoms with van der Waals surface area (Å²) in [5, 5.41) is 5.58. The molecule has 4 N–H and O–H groups in total. The van der Waals surface area contributed by atoms with E-state index in [-0.39, 0.29) is 30.4 Å². The molecule has 2 aromatic rings. The lowest BCUT2D eigenvalue weighted by Crippen LogP contribution is -2.35. The van der Waals surface area contributed by atoms with E-state index in [4.69, 9.17) is 10.5 Å². The maximum atomic E-state index is 12.4. The molecular weight excluding hydrogens is 342 g/mol. The fourth-order valence-corrected chi connectivity index (χ4v) is 2.62. The number of benzene rings is 2. The lowest BCUT2D eigenvalue weighted by molar-refractivity contribution is -0.125. The Bertz CT molecular complexity index is 749. The zero-order valence-electron chi connectivity index (χ0n) is 15.8. The Morgan fingerprint density at radius 2 is 1.81 bits per heavy atom. The van der Waals surface area contributed by atoms with Gasteiger partial charge in [-0.25, -0.2) is 0 Å². The SMILES string of the molecule is CCNC(=O)COc1cccc(CNC(=O)C(C)C(N)c2ccccc2)c1. The Balaban J connectivity index is 1.87. The van der Waals surface area contributed by atoms with Crippen LogP contribution in [0.3, 0.4) is 0 Å². The number of hydrogen-bond donors (Lipinski definition) is 3. The second kappa shape index (κ2) is 10.3. The van der Waals surface area contributed by atoms with E-state index in [0.29, 0.717) is 18.8 Å². The van der Waals surface area contributed by atoms with Crippen molar-refractivity contribution < 1.29 is 14.3 Å². The molecule has 0 aromatic heterocycles. The van der Waals surface area contributed by atoms with Crippen molar-refractivity contribution in [3.63, 3.8) is 0 Å². The fraction of sp³-hybridized carbons (Fsp3) is 0.333. The topological polar surface area (TPSA) is 93.5 Å². The summed E-state index contributed by atoms with van der Waals surface area (Å²) in [4.78, 5) is 23.9. The molecule has 144 valence electrons. The van der Waals surface area contributed by atoms with Crippen LogP contribution in [0.25, 0.3) is 0 Å². The van der Waals surface area contributed by atoms with E-state index in [0.717, 1.165) is 11.1 Å². The molecule has 6 nitrogen and oxygen atoms in total. The zero-order valence-corrected chi connectivity index (χ0v) is 15.8. The van der Waals surface area contributed by atoms with Crippen molar-refractivity contribution in [2.45, 2.75) is 26.4 Å².